The molecule has 7 heteroatoms. The van der Waals surface area contributed by atoms with Crippen LogP contribution in [0.2, 0.25) is 0 Å². The molecule has 0 aromatic heterocycles. The Balaban J connectivity index is 0.00000169. The van der Waals surface area contributed by atoms with Gasteiger partial charge in [0.25, 0.3) is 0 Å². The number of carbonyl (C=O) groups excluding carboxylic acids is 1. The first kappa shape index (κ1) is 23.2. The third kappa shape index (κ3) is 6.39. The first-order valence-electron chi connectivity index (χ1n) is 9.10. The molecule has 3 N–H and O–H groups in total. The van der Waals surface area contributed by atoms with E-state index in [1.54, 1.807) is 0 Å². The maximum absolute atomic E-state index is 12.2. The lowest BCUT2D eigenvalue weighted by molar-refractivity contribution is -0.123. The van der Waals surface area contributed by atoms with Crippen molar-refractivity contribution in [3.63, 3.8) is 0 Å². The molecule has 1 aromatic rings. The molecule has 5 nitrogen and oxygen atoms in total. The van der Waals surface area contributed by atoms with Crippen molar-refractivity contribution in [2.24, 2.45) is 5.92 Å². The number of hydrogen-bond acceptors (Lipinski definition) is 4. The van der Waals surface area contributed by atoms with Crippen LogP contribution in [0.3, 0.4) is 0 Å². The topological polar surface area (TPSA) is 64.6 Å². The third-order valence-electron chi connectivity index (χ3n) is 5.13. The molecule has 3 unspecified atom stereocenters. The molecule has 0 aliphatic carbocycles. The van der Waals surface area contributed by atoms with Crippen molar-refractivity contribution in [2.45, 2.75) is 51.4 Å². The van der Waals surface area contributed by atoms with Gasteiger partial charge in [0.15, 0.2) is 0 Å². The van der Waals surface area contributed by atoms with Gasteiger partial charge in [-0.1, -0.05) is 31.2 Å². The van der Waals surface area contributed by atoms with Gasteiger partial charge in [-0.05, 0) is 42.9 Å². The smallest absolute Gasteiger partial charge is 0.237 e. The van der Waals surface area contributed by atoms with E-state index in [1.807, 2.05) is 6.07 Å². The van der Waals surface area contributed by atoms with Gasteiger partial charge in [0.2, 0.25) is 5.91 Å². The van der Waals surface area contributed by atoms with Crippen molar-refractivity contribution in [3.8, 4) is 0 Å². The molecular formula is C19H31Cl2N3O2. The molecule has 2 saturated heterocycles. The van der Waals surface area contributed by atoms with E-state index in [0.717, 1.165) is 25.6 Å². The van der Waals surface area contributed by atoms with Crippen LogP contribution < -0.4 is 10.6 Å². The number of halogens is 2. The van der Waals surface area contributed by atoms with E-state index in [4.69, 9.17) is 0 Å². The summed E-state index contributed by atoms with van der Waals surface area (Å²) in [5.74, 6) is 0.749. The molecule has 0 saturated carbocycles. The molecule has 1 amide bonds. The Morgan fingerprint density at radius 3 is 2.69 bits per heavy atom. The molecule has 3 atom stereocenters. The number of nitrogens with one attached hydrogen (secondary N) is 2. The van der Waals surface area contributed by atoms with Crippen molar-refractivity contribution in [3.05, 3.63) is 35.4 Å². The molecule has 2 fully saturated rings. The molecule has 148 valence electrons. The van der Waals surface area contributed by atoms with Crippen molar-refractivity contribution in [2.75, 3.05) is 19.6 Å². The highest BCUT2D eigenvalue weighted by Gasteiger charge is 2.27. The van der Waals surface area contributed by atoms with Crippen LogP contribution in [0.25, 0.3) is 0 Å². The predicted octanol–water partition coefficient (Wildman–Crippen LogP) is 2.10. The molecule has 1 aromatic carbocycles. The number of likely N-dealkylation sites (tertiary alicyclic amines) is 1. The van der Waals surface area contributed by atoms with Gasteiger partial charge in [0, 0.05) is 26.2 Å². The molecule has 26 heavy (non-hydrogen) atoms. The molecular weight excluding hydrogens is 373 g/mol. The first-order valence-corrected chi connectivity index (χ1v) is 9.10. The summed E-state index contributed by atoms with van der Waals surface area (Å²) in [4.78, 5) is 14.7. The predicted molar refractivity (Wildman–Crippen MR) is 109 cm³/mol. The van der Waals surface area contributed by atoms with Gasteiger partial charge in [-0.25, -0.2) is 0 Å². The number of aliphatic hydroxyl groups is 1. The van der Waals surface area contributed by atoms with Crippen LogP contribution in [-0.4, -0.2) is 47.7 Å². The fraction of sp³-hybridized carbons (Fsp3) is 0.632. The van der Waals surface area contributed by atoms with Gasteiger partial charge >= 0.3 is 0 Å². The monoisotopic (exact) mass is 403 g/mol. The molecule has 0 spiro atoms. The van der Waals surface area contributed by atoms with Crippen LogP contribution >= 0.6 is 24.8 Å². The third-order valence-corrected chi connectivity index (χ3v) is 5.13. The second-order valence-corrected chi connectivity index (χ2v) is 7.32. The largest absolute Gasteiger partial charge is 0.392 e. The molecule has 2 aliphatic heterocycles. The molecule has 3 rings (SSSR count). The minimum absolute atomic E-state index is 0. The lowest BCUT2D eigenvalue weighted by atomic mass is 9.99. The first-order chi connectivity index (χ1) is 11.6. The Kier molecular flexibility index (Phi) is 9.90. The van der Waals surface area contributed by atoms with E-state index >= 15 is 0 Å². The van der Waals surface area contributed by atoms with Crippen molar-refractivity contribution in [1.29, 1.82) is 0 Å². The summed E-state index contributed by atoms with van der Waals surface area (Å²) >= 11 is 0. The SMILES string of the molecule is CC1CCCN(Cc2ccccc2CNC(=O)C2CC(O)CN2)C1.Cl.Cl. The summed E-state index contributed by atoms with van der Waals surface area (Å²) in [6.07, 6.45) is 2.69. The standard InChI is InChI=1S/C19H29N3O2.2ClH/c1-14-5-4-8-22(12-14)13-16-7-3-2-6-15(16)10-21-19(24)18-9-17(23)11-20-18;;/h2-3,6-7,14,17-18,20,23H,4-5,8-13H2,1H3,(H,21,24);2*1H. The van der Waals surface area contributed by atoms with Crippen molar-refractivity contribution < 1.29 is 9.90 Å². The van der Waals surface area contributed by atoms with E-state index in [1.165, 1.54) is 24.0 Å². The molecule has 0 bridgehead atoms. The van der Waals surface area contributed by atoms with Gasteiger partial charge in [-0.2, -0.15) is 0 Å². The number of piperidine rings is 1. The summed E-state index contributed by atoms with van der Waals surface area (Å²) in [6.45, 7) is 6.64. The number of hydrogen-bond donors (Lipinski definition) is 3. The Labute approximate surface area is 168 Å². The zero-order valence-corrected chi connectivity index (χ0v) is 17.0. The Morgan fingerprint density at radius 2 is 2.04 bits per heavy atom. The van der Waals surface area contributed by atoms with Crippen LogP contribution in [0.15, 0.2) is 24.3 Å². The minimum atomic E-state index is -0.408. The van der Waals surface area contributed by atoms with Crippen molar-refractivity contribution >= 4 is 30.7 Å². The number of nitrogens with zero attached hydrogens (tertiary/aromatic N) is 1. The van der Waals surface area contributed by atoms with E-state index in [9.17, 15) is 9.90 Å². The maximum atomic E-state index is 12.2. The van der Waals surface area contributed by atoms with E-state index in [0.29, 0.717) is 19.5 Å². The van der Waals surface area contributed by atoms with Gasteiger partial charge < -0.3 is 15.7 Å². The van der Waals surface area contributed by atoms with Gasteiger partial charge in [-0.15, -0.1) is 24.8 Å². The number of aliphatic hydroxyl groups excluding tert-OH is 1. The van der Waals surface area contributed by atoms with Gasteiger partial charge in [0.05, 0.1) is 12.1 Å². The van der Waals surface area contributed by atoms with Crippen LogP contribution in [-0.2, 0) is 17.9 Å². The number of rotatable bonds is 5. The maximum Gasteiger partial charge on any atom is 0.237 e. The molecule has 2 heterocycles. The van der Waals surface area contributed by atoms with Crippen molar-refractivity contribution in [1.82, 2.24) is 15.5 Å². The number of carbonyl (C=O) groups is 1. The van der Waals surface area contributed by atoms with Gasteiger partial charge in [-0.3, -0.25) is 9.69 Å². The minimum Gasteiger partial charge on any atom is -0.392 e. The van der Waals surface area contributed by atoms with E-state index in [2.05, 4.69) is 40.7 Å². The summed E-state index contributed by atoms with van der Waals surface area (Å²) in [5, 5.41) is 15.6. The fourth-order valence-electron chi connectivity index (χ4n) is 3.78. The Morgan fingerprint density at radius 1 is 1.31 bits per heavy atom. The highest BCUT2D eigenvalue weighted by atomic mass is 35.5. The average Bonchev–Trinajstić information content (AvgIpc) is 3.00. The second-order valence-electron chi connectivity index (χ2n) is 7.32. The molecule has 0 radical (unpaired) electrons. The number of β-amino-alcohol motifs (C(OH)–C–C–N with tert-alkyl or cyclic N) is 1. The lowest BCUT2D eigenvalue weighted by Crippen LogP contribution is -2.40. The van der Waals surface area contributed by atoms with E-state index < -0.39 is 6.10 Å². The fourth-order valence-corrected chi connectivity index (χ4v) is 3.78. The second kappa shape index (κ2) is 11.1. The zero-order chi connectivity index (χ0) is 16.9. The van der Waals surface area contributed by atoms with E-state index in [-0.39, 0.29) is 36.8 Å². The van der Waals surface area contributed by atoms with Crippen LogP contribution in [0.5, 0.6) is 0 Å². The summed E-state index contributed by atoms with van der Waals surface area (Å²) < 4.78 is 0. The number of benzene rings is 1. The highest BCUT2D eigenvalue weighted by Crippen LogP contribution is 2.19. The molecule has 2 aliphatic rings. The van der Waals surface area contributed by atoms with Gasteiger partial charge in [0.1, 0.15) is 0 Å². The normalized spacial score (nSPS) is 25.8. The highest BCUT2D eigenvalue weighted by molar-refractivity contribution is 5.85. The summed E-state index contributed by atoms with van der Waals surface area (Å²) in [5.41, 5.74) is 2.48. The number of amides is 1. The summed E-state index contributed by atoms with van der Waals surface area (Å²) in [6, 6.07) is 8.10. The zero-order valence-electron chi connectivity index (χ0n) is 15.3. The summed E-state index contributed by atoms with van der Waals surface area (Å²) in [7, 11) is 0. The van der Waals surface area contributed by atoms with Crippen LogP contribution in [0.4, 0.5) is 0 Å². The Bertz CT molecular complexity index is 573. The lowest BCUT2D eigenvalue weighted by Gasteiger charge is -2.31. The van der Waals surface area contributed by atoms with Crippen LogP contribution in [0.1, 0.15) is 37.3 Å². The quantitative estimate of drug-likeness (QED) is 0.704. The average molecular weight is 404 g/mol. The Hall–Kier alpha value is -0.850. The van der Waals surface area contributed by atoms with Crippen LogP contribution in [0, 0.1) is 5.92 Å².